The van der Waals surface area contributed by atoms with Crippen LogP contribution in [0.3, 0.4) is 0 Å². The molecule has 1 N–H and O–H groups in total. The van der Waals surface area contributed by atoms with Crippen molar-refractivity contribution < 1.29 is 4.39 Å². The zero-order valence-electron chi connectivity index (χ0n) is 7.99. The average Bonchev–Trinajstić information content (AvgIpc) is 2.23. The molecule has 1 aliphatic carbocycles. The van der Waals surface area contributed by atoms with E-state index in [9.17, 15) is 4.39 Å². The Hall–Kier alpha value is -1.19. The standard InChI is InChI=1S/C10H14FN3/c11-8-3-1-2-4-9(8)14-10-5-6-12-7-13-10/h5-9H,1-4H2,(H,12,13,14)/t8-,9-/m1/s1. The second-order valence-electron chi connectivity index (χ2n) is 3.65. The minimum Gasteiger partial charge on any atom is -0.364 e. The molecule has 1 saturated carbocycles. The maximum absolute atomic E-state index is 13.4. The highest BCUT2D eigenvalue weighted by atomic mass is 19.1. The monoisotopic (exact) mass is 195 g/mol. The first kappa shape index (κ1) is 9.37. The molecule has 1 aromatic heterocycles. The summed E-state index contributed by atoms with van der Waals surface area (Å²) in [5.74, 6) is 0.717. The minimum atomic E-state index is -0.737. The van der Waals surface area contributed by atoms with E-state index in [1.54, 1.807) is 12.3 Å². The molecule has 0 radical (unpaired) electrons. The van der Waals surface area contributed by atoms with E-state index in [0.717, 1.165) is 25.1 Å². The van der Waals surface area contributed by atoms with Gasteiger partial charge in [-0.3, -0.25) is 0 Å². The predicted octanol–water partition coefficient (Wildman–Crippen LogP) is 2.17. The number of rotatable bonds is 2. The van der Waals surface area contributed by atoms with E-state index in [-0.39, 0.29) is 6.04 Å². The summed E-state index contributed by atoms with van der Waals surface area (Å²) in [4.78, 5) is 7.83. The summed E-state index contributed by atoms with van der Waals surface area (Å²) in [6.45, 7) is 0. The molecule has 76 valence electrons. The Labute approximate surface area is 82.8 Å². The first-order chi connectivity index (χ1) is 6.86. The van der Waals surface area contributed by atoms with Crippen LogP contribution in [0.4, 0.5) is 10.2 Å². The van der Waals surface area contributed by atoms with Gasteiger partial charge in [-0.15, -0.1) is 0 Å². The molecule has 3 nitrogen and oxygen atoms in total. The number of alkyl halides is 1. The Morgan fingerprint density at radius 2 is 2.21 bits per heavy atom. The van der Waals surface area contributed by atoms with Gasteiger partial charge in [-0.05, 0) is 18.9 Å². The van der Waals surface area contributed by atoms with E-state index in [1.165, 1.54) is 6.33 Å². The molecule has 0 saturated heterocycles. The Bertz CT molecular complexity index is 278. The van der Waals surface area contributed by atoms with Gasteiger partial charge in [0.25, 0.3) is 0 Å². The number of hydrogen-bond donors (Lipinski definition) is 1. The summed E-state index contributed by atoms with van der Waals surface area (Å²) >= 11 is 0. The van der Waals surface area contributed by atoms with Gasteiger partial charge in [0.05, 0.1) is 6.04 Å². The lowest BCUT2D eigenvalue weighted by atomic mass is 9.94. The highest BCUT2D eigenvalue weighted by Gasteiger charge is 2.24. The van der Waals surface area contributed by atoms with Gasteiger partial charge < -0.3 is 5.32 Å². The van der Waals surface area contributed by atoms with E-state index in [0.29, 0.717) is 6.42 Å². The Morgan fingerprint density at radius 1 is 1.36 bits per heavy atom. The van der Waals surface area contributed by atoms with Crippen molar-refractivity contribution in [2.75, 3.05) is 5.32 Å². The third-order valence-corrected chi connectivity index (χ3v) is 2.60. The van der Waals surface area contributed by atoms with E-state index in [2.05, 4.69) is 15.3 Å². The number of nitrogens with zero attached hydrogens (tertiary/aromatic N) is 2. The van der Waals surface area contributed by atoms with Crippen molar-refractivity contribution in [3.05, 3.63) is 18.6 Å². The molecule has 0 aromatic carbocycles. The molecule has 0 unspecified atom stereocenters. The summed E-state index contributed by atoms with van der Waals surface area (Å²) in [5, 5.41) is 3.10. The fourth-order valence-electron chi connectivity index (χ4n) is 1.81. The summed E-state index contributed by atoms with van der Waals surface area (Å²) in [6.07, 6.45) is 6.06. The van der Waals surface area contributed by atoms with Crippen LogP contribution in [0, 0.1) is 0 Å². The topological polar surface area (TPSA) is 37.8 Å². The van der Waals surface area contributed by atoms with Gasteiger partial charge in [-0.1, -0.05) is 12.8 Å². The number of aromatic nitrogens is 2. The van der Waals surface area contributed by atoms with Gasteiger partial charge in [-0.25, -0.2) is 14.4 Å². The van der Waals surface area contributed by atoms with Crippen molar-refractivity contribution in [3.63, 3.8) is 0 Å². The third-order valence-electron chi connectivity index (χ3n) is 2.60. The fourth-order valence-corrected chi connectivity index (χ4v) is 1.81. The lowest BCUT2D eigenvalue weighted by Gasteiger charge is -2.26. The highest BCUT2D eigenvalue weighted by Crippen LogP contribution is 2.23. The van der Waals surface area contributed by atoms with Gasteiger partial charge in [0.2, 0.25) is 0 Å². The van der Waals surface area contributed by atoms with Crippen molar-refractivity contribution in [1.82, 2.24) is 9.97 Å². The molecular formula is C10H14FN3. The normalized spacial score (nSPS) is 27.2. The zero-order valence-corrected chi connectivity index (χ0v) is 7.99. The Morgan fingerprint density at radius 3 is 2.93 bits per heavy atom. The molecule has 0 spiro atoms. The minimum absolute atomic E-state index is 0.0707. The third kappa shape index (κ3) is 2.19. The van der Waals surface area contributed by atoms with Crippen LogP contribution in [0.2, 0.25) is 0 Å². The number of anilines is 1. The number of nitrogens with one attached hydrogen (secondary N) is 1. The van der Waals surface area contributed by atoms with Crippen LogP contribution in [0.1, 0.15) is 25.7 Å². The average molecular weight is 195 g/mol. The molecule has 0 amide bonds. The molecule has 0 bridgehead atoms. The summed E-state index contributed by atoms with van der Waals surface area (Å²) in [6, 6.07) is 1.69. The van der Waals surface area contributed by atoms with Crippen molar-refractivity contribution in [2.45, 2.75) is 37.9 Å². The van der Waals surface area contributed by atoms with Gasteiger partial charge >= 0.3 is 0 Å². The molecule has 2 rings (SSSR count). The van der Waals surface area contributed by atoms with Crippen LogP contribution in [-0.4, -0.2) is 22.2 Å². The SMILES string of the molecule is F[C@@H]1CCCC[C@H]1Nc1ccncn1. The van der Waals surface area contributed by atoms with E-state index < -0.39 is 6.17 Å². The smallest absolute Gasteiger partial charge is 0.129 e. The number of halogens is 1. The summed E-state index contributed by atoms with van der Waals surface area (Å²) in [5.41, 5.74) is 0. The maximum atomic E-state index is 13.4. The van der Waals surface area contributed by atoms with Gasteiger partial charge in [0.1, 0.15) is 18.3 Å². The van der Waals surface area contributed by atoms with Gasteiger partial charge in [0, 0.05) is 6.20 Å². The molecular weight excluding hydrogens is 181 g/mol. The van der Waals surface area contributed by atoms with Crippen molar-refractivity contribution in [2.24, 2.45) is 0 Å². The van der Waals surface area contributed by atoms with Gasteiger partial charge in [0.15, 0.2) is 0 Å². The maximum Gasteiger partial charge on any atom is 0.129 e. The lowest BCUT2D eigenvalue weighted by molar-refractivity contribution is 0.229. The van der Waals surface area contributed by atoms with Crippen LogP contribution in [0.5, 0.6) is 0 Å². The quantitative estimate of drug-likeness (QED) is 0.785. The van der Waals surface area contributed by atoms with Crippen LogP contribution in [0.25, 0.3) is 0 Å². The molecule has 1 heterocycles. The predicted molar refractivity (Wildman–Crippen MR) is 52.8 cm³/mol. The molecule has 0 aliphatic heterocycles. The second-order valence-corrected chi connectivity index (χ2v) is 3.65. The summed E-state index contributed by atoms with van der Waals surface area (Å²) in [7, 11) is 0. The van der Waals surface area contributed by atoms with Crippen LogP contribution in [0.15, 0.2) is 18.6 Å². The lowest BCUT2D eigenvalue weighted by Crippen LogP contribution is -2.33. The molecule has 1 aromatic rings. The van der Waals surface area contributed by atoms with E-state index >= 15 is 0 Å². The Kier molecular flexibility index (Phi) is 2.91. The van der Waals surface area contributed by atoms with Crippen LogP contribution < -0.4 is 5.32 Å². The fraction of sp³-hybridized carbons (Fsp3) is 0.600. The van der Waals surface area contributed by atoms with Crippen LogP contribution in [-0.2, 0) is 0 Å². The molecule has 14 heavy (non-hydrogen) atoms. The second kappa shape index (κ2) is 4.35. The van der Waals surface area contributed by atoms with Crippen molar-refractivity contribution >= 4 is 5.82 Å². The van der Waals surface area contributed by atoms with Crippen LogP contribution >= 0.6 is 0 Å². The highest BCUT2D eigenvalue weighted by molar-refractivity contribution is 5.33. The largest absolute Gasteiger partial charge is 0.364 e. The van der Waals surface area contributed by atoms with E-state index in [4.69, 9.17) is 0 Å². The molecule has 1 fully saturated rings. The van der Waals surface area contributed by atoms with Crippen molar-refractivity contribution in [1.29, 1.82) is 0 Å². The molecule has 4 heteroatoms. The first-order valence-electron chi connectivity index (χ1n) is 5.03. The van der Waals surface area contributed by atoms with E-state index in [1.807, 2.05) is 0 Å². The summed E-state index contributed by atoms with van der Waals surface area (Å²) < 4.78 is 13.4. The zero-order chi connectivity index (χ0) is 9.80. The first-order valence-corrected chi connectivity index (χ1v) is 5.03. The van der Waals surface area contributed by atoms with Gasteiger partial charge in [-0.2, -0.15) is 0 Å². The number of hydrogen-bond acceptors (Lipinski definition) is 3. The molecule has 2 atom stereocenters. The van der Waals surface area contributed by atoms with Crippen molar-refractivity contribution in [3.8, 4) is 0 Å². The Balaban J connectivity index is 1.96. The molecule has 1 aliphatic rings.